The maximum atomic E-state index is 12.6. The molecule has 0 saturated carbocycles. The van der Waals surface area contributed by atoms with E-state index >= 15 is 0 Å². The van der Waals surface area contributed by atoms with Gasteiger partial charge in [0.05, 0.1) is 24.1 Å². The van der Waals surface area contributed by atoms with Crippen molar-refractivity contribution in [3.8, 4) is 0 Å². The van der Waals surface area contributed by atoms with Crippen molar-refractivity contribution in [3.63, 3.8) is 0 Å². The number of anilines is 1. The lowest BCUT2D eigenvalue weighted by molar-refractivity contribution is 0.414. The van der Waals surface area contributed by atoms with Gasteiger partial charge >= 0.3 is 0 Å². The van der Waals surface area contributed by atoms with Gasteiger partial charge < -0.3 is 10.6 Å². The molecule has 0 unspecified atom stereocenters. The van der Waals surface area contributed by atoms with Gasteiger partial charge in [0.1, 0.15) is 5.65 Å². The fraction of sp³-hybridized carbons (Fsp3) is 0.400. The van der Waals surface area contributed by atoms with Crippen LogP contribution in [0.1, 0.15) is 24.1 Å². The summed E-state index contributed by atoms with van der Waals surface area (Å²) in [5.74, 6) is 0.561. The second kappa shape index (κ2) is 7.55. The molecule has 1 aliphatic rings. The molecule has 3 aromatic rings. The Kier molecular flexibility index (Phi) is 4.95. The molecule has 8 heteroatoms. The van der Waals surface area contributed by atoms with E-state index in [2.05, 4.69) is 15.0 Å². The molecule has 0 amide bonds. The van der Waals surface area contributed by atoms with Gasteiger partial charge in [-0.2, -0.15) is 5.10 Å². The third-order valence-corrected chi connectivity index (χ3v) is 5.36. The highest BCUT2D eigenvalue weighted by Gasteiger charge is 2.19. The number of nitrogens with two attached hydrogens (primary N) is 1. The average Bonchev–Trinajstić information content (AvgIpc) is 2.69. The minimum absolute atomic E-state index is 0.161. The number of pyridine rings is 1. The van der Waals surface area contributed by atoms with Crippen LogP contribution in [0, 0.1) is 12.8 Å². The zero-order valence-corrected chi connectivity index (χ0v) is 15.9. The SMILES string of the molecule is Cc1ccn2c(=O)cc(Cn3ncc(N4CCC(CN)CC4)cc3=O)nc2c1. The Morgan fingerprint density at radius 2 is 1.93 bits per heavy atom. The van der Waals surface area contributed by atoms with Crippen molar-refractivity contribution in [3.05, 3.63) is 68.6 Å². The first-order valence-electron chi connectivity index (χ1n) is 9.54. The van der Waals surface area contributed by atoms with Crippen molar-refractivity contribution in [1.82, 2.24) is 19.2 Å². The summed E-state index contributed by atoms with van der Waals surface area (Å²) in [6, 6.07) is 6.75. The lowest BCUT2D eigenvalue weighted by Gasteiger charge is -2.32. The second-order valence-corrected chi connectivity index (χ2v) is 7.39. The zero-order chi connectivity index (χ0) is 19.7. The average molecular weight is 380 g/mol. The minimum Gasteiger partial charge on any atom is -0.370 e. The van der Waals surface area contributed by atoms with Crippen molar-refractivity contribution in [2.24, 2.45) is 11.7 Å². The Morgan fingerprint density at radius 1 is 1.14 bits per heavy atom. The molecule has 0 bridgehead atoms. The van der Waals surface area contributed by atoms with E-state index in [-0.39, 0.29) is 17.7 Å². The summed E-state index contributed by atoms with van der Waals surface area (Å²) in [7, 11) is 0. The number of aromatic nitrogens is 4. The van der Waals surface area contributed by atoms with Crippen LogP contribution in [0.3, 0.4) is 0 Å². The molecule has 0 aromatic carbocycles. The van der Waals surface area contributed by atoms with E-state index in [0.717, 1.165) is 37.2 Å². The zero-order valence-electron chi connectivity index (χ0n) is 15.9. The van der Waals surface area contributed by atoms with E-state index in [0.29, 0.717) is 23.8 Å². The van der Waals surface area contributed by atoms with E-state index < -0.39 is 0 Å². The molecule has 8 nitrogen and oxygen atoms in total. The van der Waals surface area contributed by atoms with Crippen molar-refractivity contribution >= 4 is 11.3 Å². The van der Waals surface area contributed by atoms with Crippen molar-refractivity contribution in [2.75, 3.05) is 24.5 Å². The molecule has 0 atom stereocenters. The van der Waals surface area contributed by atoms with E-state index in [1.807, 2.05) is 19.1 Å². The Bertz CT molecular complexity index is 1110. The summed E-state index contributed by atoms with van der Waals surface area (Å²) in [5, 5.41) is 4.30. The molecule has 4 heterocycles. The van der Waals surface area contributed by atoms with Gasteiger partial charge in [-0.3, -0.25) is 14.0 Å². The lowest BCUT2D eigenvalue weighted by atomic mass is 9.97. The molecule has 0 aliphatic carbocycles. The highest BCUT2D eigenvalue weighted by molar-refractivity contribution is 5.43. The Balaban J connectivity index is 1.57. The van der Waals surface area contributed by atoms with Gasteiger partial charge in [-0.15, -0.1) is 0 Å². The predicted octanol–water partition coefficient (Wildman–Crippen LogP) is 0.783. The van der Waals surface area contributed by atoms with Crippen LogP contribution >= 0.6 is 0 Å². The third kappa shape index (κ3) is 3.68. The van der Waals surface area contributed by atoms with Gasteiger partial charge in [-0.05, 0) is 49.9 Å². The van der Waals surface area contributed by atoms with Gasteiger partial charge in [-0.25, -0.2) is 9.67 Å². The highest BCUT2D eigenvalue weighted by Crippen LogP contribution is 2.20. The van der Waals surface area contributed by atoms with Gasteiger partial charge in [0.2, 0.25) is 0 Å². The van der Waals surface area contributed by atoms with Gasteiger partial charge in [0, 0.05) is 31.4 Å². The normalized spacial score (nSPS) is 15.3. The monoisotopic (exact) mass is 380 g/mol. The summed E-state index contributed by atoms with van der Waals surface area (Å²) in [6.07, 6.45) is 5.48. The predicted molar refractivity (Wildman–Crippen MR) is 108 cm³/mol. The van der Waals surface area contributed by atoms with Crippen LogP contribution in [0.4, 0.5) is 5.69 Å². The van der Waals surface area contributed by atoms with Crippen molar-refractivity contribution in [2.45, 2.75) is 26.3 Å². The first-order chi connectivity index (χ1) is 13.5. The lowest BCUT2D eigenvalue weighted by Crippen LogP contribution is -2.37. The molecule has 28 heavy (non-hydrogen) atoms. The molecule has 1 aliphatic heterocycles. The number of hydrogen-bond donors (Lipinski definition) is 1. The van der Waals surface area contributed by atoms with E-state index in [1.54, 1.807) is 18.5 Å². The van der Waals surface area contributed by atoms with Crippen LogP contribution in [0.2, 0.25) is 0 Å². The molecule has 4 rings (SSSR count). The Morgan fingerprint density at radius 3 is 2.64 bits per heavy atom. The van der Waals surface area contributed by atoms with Gasteiger partial charge in [0.15, 0.2) is 0 Å². The summed E-state index contributed by atoms with van der Waals surface area (Å²) >= 11 is 0. The molecule has 1 saturated heterocycles. The Labute approximate surface area is 162 Å². The van der Waals surface area contributed by atoms with E-state index in [1.165, 1.54) is 15.1 Å². The van der Waals surface area contributed by atoms with Crippen molar-refractivity contribution in [1.29, 1.82) is 0 Å². The first-order valence-corrected chi connectivity index (χ1v) is 9.54. The van der Waals surface area contributed by atoms with Crippen LogP contribution in [-0.4, -0.2) is 38.8 Å². The van der Waals surface area contributed by atoms with Crippen LogP contribution in [0.5, 0.6) is 0 Å². The smallest absolute Gasteiger partial charge is 0.269 e. The summed E-state index contributed by atoms with van der Waals surface area (Å²) in [4.78, 5) is 31.5. The molecule has 2 N–H and O–H groups in total. The number of rotatable bonds is 4. The Hall–Kier alpha value is -3.00. The van der Waals surface area contributed by atoms with E-state index in [9.17, 15) is 9.59 Å². The quantitative estimate of drug-likeness (QED) is 0.718. The van der Waals surface area contributed by atoms with Crippen LogP contribution in [0.25, 0.3) is 5.65 Å². The molecule has 0 spiro atoms. The standard InChI is InChI=1S/C20H24N6O2/c1-14-2-7-25-18(8-14)23-16(9-19(25)27)13-26-20(28)10-17(12-22-26)24-5-3-15(11-21)4-6-24/h2,7-10,12,15H,3-6,11,13,21H2,1H3. The summed E-state index contributed by atoms with van der Waals surface area (Å²) in [6.45, 7) is 4.59. The molecule has 146 valence electrons. The van der Waals surface area contributed by atoms with Gasteiger partial charge in [0.25, 0.3) is 11.1 Å². The van der Waals surface area contributed by atoms with E-state index in [4.69, 9.17) is 5.73 Å². The molecular formula is C20H24N6O2. The first kappa shape index (κ1) is 18.4. The number of aryl methyl sites for hydroxylation is 1. The van der Waals surface area contributed by atoms with Crippen molar-refractivity contribution < 1.29 is 0 Å². The van der Waals surface area contributed by atoms with Crippen LogP contribution < -0.4 is 21.8 Å². The van der Waals surface area contributed by atoms with Crippen LogP contribution in [-0.2, 0) is 6.54 Å². The maximum Gasteiger partial charge on any atom is 0.269 e. The third-order valence-electron chi connectivity index (χ3n) is 5.36. The molecule has 1 fully saturated rings. The van der Waals surface area contributed by atoms with Gasteiger partial charge in [-0.1, -0.05) is 0 Å². The molecule has 3 aromatic heterocycles. The molecule has 0 radical (unpaired) electrons. The minimum atomic E-state index is -0.204. The maximum absolute atomic E-state index is 12.6. The summed E-state index contributed by atoms with van der Waals surface area (Å²) < 4.78 is 2.82. The fourth-order valence-corrected chi connectivity index (χ4v) is 3.63. The number of hydrogen-bond acceptors (Lipinski definition) is 6. The summed E-state index contributed by atoms with van der Waals surface area (Å²) in [5.41, 5.74) is 8.29. The topological polar surface area (TPSA) is 98.5 Å². The largest absolute Gasteiger partial charge is 0.370 e. The number of piperidine rings is 1. The van der Waals surface area contributed by atoms with Crippen LogP contribution in [0.15, 0.2) is 46.2 Å². The fourth-order valence-electron chi connectivity index (χ4n) is 3.63. The molecular weight excluding hydrogens is 356 g/mol. The highest BCUT2D eigenvalue weighted by atomic mass is 16.1. The number of nitrogens with zero attached hydrogens (tertiary/aromatic N) is 5. The second-order valence-electron chi connectivity index (χ2n) is 7.39. The number of fused-ring (bicyclic) bond motifs is 1.